The second-order valence-electron chi connectivity index (χ2n) is 5.08. The van der Waals surface area contributed by atoms with Crippen LogP contribution in [0.4, 0.5) is 5.69 Å². The van der Waals surface area contributed by atoms with Crippen LogP contribution in [0.3, 0.4) is 0 Å². The van der Waals surface area contributed by atoms with Gasteiger partial charge in [-0.15, -0.1) is 0 Å². The van der Waals surface area contributed by atoms with E-state index in [1.165, 1.54) is 12.8 Å². The Kier molecular flexibility index (Phi) is 3.04. The van der Waals surface area contributed by atoms with Gasteiger partial charge >= 0.3 is 0 Å². The molecule has 0 saturated heterocycles. The number of benzene rings is 1. The van der Waals surface area contributed by atoms with Crippen LogP contribution >= 0.6 is 11.6 Å². The maximum Gasteiger partial charge on any atom is 0.250 e. The molecule has 0 heterocycles. The summed E-state index contributed by atoms with van der Waals surface area (Å²) in [5.74, 6) is -0.496. The second-order valence-corrected chi connectivity index (χ2v) is 5.49. The van der Waals surface area contributed by atoms with E-state index in [1.807, 2.05) is 6.07 Å². The molecule has 1 atom stereocenters. The van der Waals surface area contributed by atoms with E-state index in [0.717, 1.165) is 5.69 Å². The molecule has 1 aliphatic rings. The molecule has 17 heavy (non-hydrogen) atoms. The highest BCUT2D eigenvalue weighted by Gasteiger charge is 2.42. The molecule has 3 N–H and O–H groups in total. The molecule has 0 radical (unpaired) electrons. The maximum absolute atomic E-state index is 11.2. The van der Waals surface area contributed by atoms with E-state index < -0.39 is 5.91 Å². The van der Waals surface area contributed by atoms with Crippen LogP contribution in [0.15, 0.2) is 18.2 Å². The van der Waals surface area contributed by atoms with Crippen molar-refractivity contribution in [1.29, 1.82) is 0 Å². The summed E-state index contributed by atoms with van der Waals surface area (Å²) in [7, 11) is 0. The van der Waals surface area contributed by atoms with Gasteiger partial charge in [0.1, 0.15) is 0 Å². The average molecular weight is 253 g/mol. The summed E-state index contributed by atoms with van der Waals surface area (Å²) >= 11 is 5.90. The van der Waals surface area contributed by atoms with Crippen molar-refractivity contribution >= 4 is 23.2 Å². The normalized spacial score (nSPS) is 18.5. The number of anilines is 1. The van der Waals surface area contributed by atoms with Crippen LogP contribution in [0.25, 0.3) is 0 Å². The number of halogens is 1. The molecule has 0 aliphatic heterocycles. The number of carbonyl (C=O) groups is 1. The smallest absolute Gasteiger partial charge is 0.250 e. The molecule has 1 aliphatic carbocycles. The lowest BCUT2D eigenvalue weighted by Crippen LogP contribution is -2.25. The van der Waals surface area contributed by atoms with Crippen molar-refractivity contribution in [2.45, 2.75) is 32.7 Å². The zero-order chi connectivity index (χ0) is 12.6. The van der Waals surface area contributed by atoms with Crippen LogP contribution in [0.1, 0.15) is 37.0 Å². The second kappa shape index (κ2) is 4.22. The van der Waals surface area contributed by atoms with Gasteiger partial charge in [0, 0.05) is 11.7 Å². The van der Waals surface area contributed by atoms with Gasteiger partial charge in [-0.05, 0) is 43.4 Å². The summed E-state index contributed by atoms with van der Waals surface area (Å²) < 4.78 is 0. The Morgan fingerprint density at radius 1 is 1.53 bits per heavy atom. The molecule has 1 fully saturated rings. The number of nitrogens with one attached hydrogen (secondary N) is 1. The van der Waals surface area contributed by atoms with E-state index in [9.17, 15) is 4.79 Å². The predicted octanol–water partition coefficient (Wildman–Crippen LogP) is 3.04. The minimum Gasteiger partial charge on any atom is -0.382 e. The lowest BCUT2D eigenvalue weighted by atomic mass is 10.0. The summed E-state index contributed by atoms with van der Waals surface area (Å²) in [6, 6.07) is 5.67. The van der Waals surface area contributed by atoms with Gasteiger partial charge in [-0.1, -0.05) is 18.5 Å². The fourth-order valence-electron chi connectivity index (χ4n) is 1.86. The summed E-state index contributed by atoms with van der Waals surface area (Å²) in [5, 5.41) is 3.80. The van der Waals surface area contributed by atoms with Gasteiger partial charge in [0.15, 0.2) is 0 Å². The Morgan fingerprint density at radius 3 is 2.71 bits per heavy atom. The highest BCUT2D eigenvalue weighted by Crippen LogP contribution is 2.48. The van der Waals surface area contributed by atoms with Crippen LogP contribution in [-0.4, -0.2) is 11.9 Å². The Labute approximate surface area is 106 Å². The fraction of sp³-hybridized carbons (Fsp3) is 0.462. The Bertz CT molecular complexity index is 455. The first kappa shape index (κ1) is 12.2. The van der Waals surface area contributed by atoms with Crippen molar-refractivity contribution in [2.75, 3.05) is 5.32 Å². The van der Waals surface area contributed by atoms with E-state index >= 15 is 0 Å². The first-order chi connectivity index (χ1) is 7.92. The topological polar surface area (TPSA) is 55.1 Å². The first-order valence-corrected chi connectivity index (χ1v) is 6.16. The number of nitrogens with two attached hydrogens (primary N) is 1. The predicted molar refractivity (Wildman–Crippen MR) is 70.4 cm³/mol. The van der Waals surface area contributed by atoms with Gasteiger partial charge < -0.3 is 11.1 Å². The number of hydrogen-bond acceptors (Lipinski definition) is 2. The summed E-state index contributed by atoms with van der Waals surface area (Å²) in [4.78, 5) is 11.2. The Morgan fingerprint density at radius 2 is 2.18 bits per heavy atom. The molecule has 0 bridgehead atoms. The van der Waals surface area contributed by atoms with E-state index in [0.29, 0.717) is 22.0 Å². The SMILES string of the molecule is CC(Nc1ccc(Cl)c(C(N)=O)c1)C1(C)CC1. The summed E-state index contributed by atoms with van der Waals surface area (Å²) in [5.41, 5.74) is 6.90. The third-order valence-electron chi connectivity index (χ3n) is 3.70. The van der Waals surface area contributed by atoms with Crippen molar-refractivity contribution in [3.8, 4) is 0 Å². The van der Waals surface area contributed by atoms with Crippen molar-refractivity contribution in [1.82, 2.24) is 0 Å². The van der Waals surface area contributed by atoms with Crippen LogP contribution < -0.4 is 11.1 Å². The molecule has 1 unspecified atom stereocenters. The molecule has 1 aromatic carbocycles. The molecule has 1 aromatic rings. The Balaban J connectivity index is 2.16. The molecule has 1 saturated carbocycles. The van der Waals surface area contributed by atoms with E-state index in [1.54, 1.807) is 12.1 Å². The minimum atomic E-state index is -0.496. The van der Waals surface area contributed by atoms with Gasteiger partial charge in [0.25, 0.3) is 0 Å². The van der Waals surface area contributed by atoms with E-state index in [-0.39, 0.29) is 0 Å². The standard InChI is InChI=1S/C13H17ClN2O/c1-8(13(2)5-6-13)16-9-3-4-11(14)10(7-9)12(15)17/h3-4,7-8,16H,5-6H2,1-2H3,(H2,15,17). The largest absolute Gasteiger partial charge is 0.382 e. The summed E-state index contributed by atoms with van der Waals surface area (Å²) in [6.07, 6.45) is 2.49. The Hall–Kier alpha value is -1.22. The lowest BCUT2D eigenvalue weighted by Gasteiger charge is -2.22. The quantitative estimate of drug-likeness (QED) is 0.865. The van der Waals surface area contributed by atoms with Crippen molar-refractivity contribution < 1.29 is 4.79 Å². The summed E-state index contributed by atoms with van der Waals surface area (Å²) in [6.45, 7) is 4.42. The van der Waals surface area contributed by atoms with Gasteiger partial charge in [0.2, 0.25) is 5.91 Å². The number of carbonyl (C=O) groups excluding carboxylic acids is 1. The van der Waals surface area contributed by atoms with Gasteiger partial charge in [0.05, 0.1) is 10.6 Å². The van der Waals surface area contributed by atoms with Crippen molar-refractivity contribution in [3.63, 3.8) is 0 Å². The van der Waals surface area contributed by atoms with Gasteiger partial charge in [-0.2, -0.15) is 0 Å². The molecular formula is C13H17ClN2O. The van der Waals surface area contributed by atoms with Crippen LogP contribution in [0, 0.1) is 5.41 Å². The first-order valence-electron chi connectivity index (χ1n) is 5.78. The average Bonchev–Trinajstić information content (AvgIpc) is 3.00. The zero-order valence-electron chi connectivity index (χ0n) is 10.1. The van der Waals surface area contributed by atoms with E-state index in [2.05, 4.69) is 19.2 Å². The molecule has 2 rings (SSSR count). The van der Waals surface area contributed by atoms with Crippen LogP contribution in [-0.2, 0) is 0 Å². The lowest BCUT2D eigenvalue weighted by molar-refractivity contribution is 0.100. The molecule has 0 aromatic heterocycles. The molecule has 0 spiro atoms. The van der Waals surface area contributed by atoms with Crippen molar-refractivity contribution in [3.05, 3.63) is 28.8 Å². The van der Waals surface area contributed by atoms with Crippen LogP contribution in [0.5, 0.6) is 0 Å². The van der Waals surface area contributed by atoms with E-state index in [4.69, 9.17) is 17.3 Å². The van der Waals surface area contributed by atoms with Crippen molar-refractivity contribution in [2.24, 2.45) is 11.1 Å². The minimum absolute atomic E-state index is 0.366. The molecule has 92 valence electrons. The zero-order valence-corrected chi connectivity index (χ0v) is 10.8. The van der Waals surface area contributed by atoms with Crippen LogP contribution in [0.2, 0.25) is 5.02 Å². The third-order valence-corrected chi connectivity index (χ3v) is 4.03. The molecule has 4 heteroatoms. The monoisotopic (exact) mass is 252 g/mol. The van der Waals surface area contributed by atoms with Gasteiger partial charge in [-0.25, -0.2) is 0 Å². The molecular weight excluding hydrogens is 236 g/mol. The third kappa shape index (κ3) is 2.55. The highest BCUT2D eigenvalue weighted by molar-refractivity contribution is 6.33. The number of hydrogen-bond donors (Lipinski definition) is 2. The maximum atomic E-state index is 11.2. The number of amides is 1. The fourth-order valence-corrected chi connectivity index (χ4v) is 2.07. The molecule has 3 nitrogen and oxygen atoms in total. The number of primary amides is 1. The number of rotatable bonds is 4. The van der Waals surface area contributed by atoms with Gasteiger partial charge in [-0.3, -0.25) is 4.79 Å². The molecule has 1 amide bonds. The highest BCUT2D eigenvalue weighted by atomic mass is 35.5.